The van der Waals surface area contributed by atoms with Gasteiger partial charge in [-0.2, -0.15) is 0 Å². The summed E-state index contributed by atoms with van der Waals surface area (Å²) in [4.78, 5) is 1.11. The van der Waals surface area contributed by atoms with Gasteiger partial charge in [-0.15, -0.1) is 11.8 Å². The van der Waals surface area contributed by atoms with Crippen molar-refractivity contribution in [2.75, 3.05) is 0 Å². The van der Waals surface area contributed by atoms with Crippen LogP contribution in [0.2, 0.25) is 0 Å². The van der Waals surface area contributed by atoms with Gasteiger partial charge in [-0.05, 0) is 18.2 Å². The molecule has 0 spiro atoms. The molecule has 0 atom stereocenters. The minimum Gasteiger partial charge on any atom is -0.508 e. The third-order valence-electron chi connectivity index (χ3n) is 1.24. The first-order chi connectivity index (χ1) is 5.47. The molecule has 0 aliphatic heterocycles. The highest BCUT2D eigenvalue weighted by Gasteiger charge is 2.11. The van der Waals surface area contributed by atoms with Crippen molar-refractivity contribution in [3.63, 3.8) is 0 Å². The standard InChI is InChI=1S/C10H14OS/c1-10(2,3)12-9-6-4-5-8(11)7-9/h4-7,11H,1-3H3. The van der Waals surface area contributed by atoms with Crippen LogP contribution in [-0.2, 0) is 0 Å². The normalized spacial score (nSPS) is 11.6. The maximum atomic E-state index is 9.20. The lowest BCUT2D eigenvalue weighted by Gasteiger charge is -2.17. The number of phenolic OH excluding ortho intramolecular Hbond substituents is 1. The molecule has 1 nitrogen and oxygen atoms in total. The lowest BCUT2D eigenvalue weighted by molar-refractivity contribution is 0.474. The highest BCUT2D eigenvalue weighted by molar-refractivity contribution is 8.00. The second-order valence-corrected chi connectivity index (χ2v) is 5.61. The van der Waals surface area contributed by atoms with Crippen LogP contribution < -0.4 is 0 Å². The van der Waals surface area contributed by atoms with Crippen LogP contribution in [0, 0.1) is 0 Å². The predicted octanol–water partition coefficient (Wildman–Crippen LogP) is 3.28. The SMILES string of the molecule is CC(C)(C)Sc1cccc(O)c1. The average molecular weight is 182 g/mol. The number of rotatable bonds is 1. The smallest absolute Gasteiger partial charge is 0.116 e. The topological polar surface area (TPSA) is 20.2 Å². The van der Waals surface area contributed by atoms with Crippen LogP contribution in [0.5, 0.6) is 5.75 Å². The summed E-state index contributed by atoms with van der Waals surface area (Å²) in [5.41, 5.74) is 0. The van der Waals surface area contributed by atoms with E-state index in [1.54, 1.807) is 23.9 Å². The van der Waals surface area contributed by atoms with Gasteiger partial charge in [-0.1, -0.05) is 26.8 Å². The Hall–Kier alpha value is -0.630. The maximum absolute atomic E-state index is 9.20. The molecule has 0 bridgehead atoms. The number of phenols is 1. The van der Waals surface area contributed by atoms with Gasteiger partial charge in [0.05, 0.1) is 0 Å². The lowest BCUT2D eigenvalue weighted by atomic mass is 10.3. The summed E-state index contributed by atoms with van der Waals surface area (Å²) in [5, 5.41) is 9.20. The number of benzene rings is 1. The molecule has 0 amide bonds. The first-order valence-corrected chi connectivity index (χ1v) is 4.77. The van der Waals surface area contributed by atoms with Crippen LogP contribution in [0.15, 0.2) is 29.2 Å². The molecule has 0 heterocycles. The van der Waals surface area contributed by atoms with Gasteiger partial charge in [0.1, 0.15) is 5.75 Å². The van der Waals surface area contributed by atoms with Crippen molar-refractivity contribution in [3.05, 3.63) is 24.3 Å². The highest BCUT2D eigenvalue weighted by atomic mass is 32.2. The van der Waals surface area contributed by atoms with Gasteiger partial charge < -0.3 is 5.11 Å². The second kappa shape index (κ2) is 3.40. The summed E-state index contributed by atoms with van der Waals surface area (Å²) >= 11 is 1.75. The molecular weight excluding hydrogens is 168 g/mol. The van der Waals surface area contributed by atoms with E-state index in [1.165, 1.54) is 0 Å². The molecule has 12 heavy (non-hydrogen) atoms. The molecule has 1 rings (SSSR count). The van der Waals surface area contributed by atoms with E-state index in [4.69, 9.17) is 0 Å². The minimum absolute atomic E-state index is 0.202. The molecule has 0 radical (unpaired) electrons. The molecule has 0 aliphatic rings. The molecule has 2 heteroatoms. The number of hydrogen-bond donors (Lipinski definition) is 1. The molecule has 0 unspecified atom stereocenters. The average Bonchev–Trinajstić information content (AvgIpc) is 1.82. The summed E-state index contributed by atoms with van der Waals surface area (Å²) in [6.45, 7) is 6.46. The lowest BCUT2D eigenvalue weighted by Crippen LogP contribution is -2.06. The Kier molecular flexibility index (Phi) is 2.68. The van der Waals surface area contributed by atoms with Crippen LogP contribution in [0.4, 0.5) is 0 Å². The Bertz CT molecular complexity index is 263. The van der Waals surface area contributed by atoms with Crippen LogP contribution in [0.1, 0.15) is 20.8 Å². The van der Waals surface area contributed by atoms with E-state index in [0.29, 0.717) is 5.75 Å². The molecule has 1 aromatic carbocycles. The Morgan fingerprint density at radius 3 is 2.42 bits per heavy atom. The zero-order chi connectivity index (χ0) is 9.19. The molecule has 1 aromatic rings. The monoisotopic (exact) mass is 182 g/mol. The summed E-state index contributed by atoms with van der Waals surface area (Å²) in [5.74, 6) is 0.337. The van der Waals surface area contributed by atoms with Crippen LogP contribution in [0.3, 0.4) is 0 Å². The Morgan fingerprint density at radius 1 is 1.25 bits per heavy atom. The van der Waals surface area contributed by atoms with E-state index in [2.05, 4.69) is 20.8 Å². The highest BCUT2D eigenvalue weighted by Crippen LogP contribution is 2.32. The van der Waals surface area contributed by atoms with Crippen molar-refractivity contribution in [2.24, 2.45) is 0 Å². The van der Waals surface area contributed by atoms with Crippen molar-refractivity contribution in [2.45, 2.75) is 30.4 Å². The van der Waals surface area contributed by atoms with Crippen LogP contribution in [-0.4, -0.2) is 9.85 Å². The van der Waals surface area contributed by atoms with Crippen molar-refractivity contribution in [1.82, 2.24) is 0 Å². The zero-order valence-electron chi connectivity index (χ0n) is 7.66. The fourth-order valence-corrected chi connectivity index (χ4v) is 1.93. The van der Waals surface area contributed by atoms with Crippen molar-refractivity contribution >= 4 is 11.8 Å². The Balaban J connectivity index is 2.77. The summed E-state index contributed by atoms with van der Waals surface area (Å²) < 4.78 is 0.202. The fraction of sp³-hybridized carbons (Fsp3) is 0.400. The van der Waals surface area contributed by atoms with Crippen LogP contribution in [0.25, 0.3) is 0 Å². The van der Waals surface area contributed by atoms with Gasteiger partial charge in [0.2, 0.25) is 0 Å². The third kappa shape index (κ3) is 3.18. The summed E-state index contributed by atoms with van der Waals surface area (Å²) in [7, 11) is 0. The van der Waals surface area contributed by atoms with Gasteiger partial charge >= 0.3 is 0 Å². The van der Waals surface area contributed by atoms with Crippen molar-refractivity contribution in [1.29, 1.82) is 0 Å². The number of aromatic hydroxyl groups is 1. The maximum Gasteiger partial charge on any atom is 0.116 e. The second-order valence-electron chi connectivity index (χ2n) is 3.71. The summed E-state index contributed by atoms with van der Waals surface area (Å²) in [6, 6.07) is 7.35. The van der Waals surface area contributed by atoms with Gasteiger partial charge in [-0.3, -0.25) is 0 Å². The van der Waals surface area contributed by atoms with E-state index >= 15 is 0 Å². The molecule has 1 N–H and O–H groups in total. The van der Waals surface area contributed by atoms with Crippen molar-refractivity contribution in [3.8, 4) is 5.75 Å². The Labute approximate surface area is 77.8 Å². The molecule has 0 aromatic heterocycles. The number of thioether (sulfide) groups is 1. The fourth-order valence-electron chi connectivity index (χ4n) is 0.901. The summed E-state index contributed by atoms with van der Waals surface area (Å²) in [6.07, 6.45) is 0. The van der Waals surface area contributed by atoms with E-state index in [-0.39, 0.29) is 4.75 Å². The minimum atomic E-state index is 0.202. The van der Waals surface area contributed by atoms with Gasteiger partial charge in [0, 0.05) is 9.64 Å². The van der Waals surface area contributed by atoms with E-state index in [1.807, 2.05) is 12.1 Å². The van der Waals surface area contributed by atoms with Gasteiger partial charge in [0.25, 0.3) is 0 Å². The first-order valence-electron chi connectivity index (χ1n) is 3.95. The van der Waals surface area contributed by atoms with Gasteiger partial charge in [0.15, 0.2) is 0 Å². The van der Waals surface area contributed by atoms with Gasteiger partial charge in [-0.25, -0.2) is 0 Å². The van der Waals surface area contributed by atoms with Crippen molar-refractivity contribution < 1.29 is 5.11 Å². The molecule has 0 saturated heterocycles. The van der Waals surface area contributed by atoms with E-state index in [9.17, 15) is 5.11 Å². The largest absolute Gasteiger partial charge is 0.508 e. The van der Waals surface area contributed by atoms with E-state index < -0.39 is 0 Å². The Morgan fingerprint density at radius 2 is 1.92 bits per heavy atom. The molecule has 66 valence electrons. The predicted molar refractivity (Wildman–Crippen MR) is 53.7 cm³/mol. The van der Waals surface area contributed by atoms with E-state index in [0.717, 1.165) is 4.90 Å². The zero-order valence-corrected chi connectivity index (χ0v) is 8.48. The molecule has 0 fully saturated rings. The quantitative estimate of drug-likeness (QED) is 0.672. The first kappa shape index (κ1) is 9.46. The molecular formula is C10H14OS. The number of hydrogen-bond acceptors (Lipinski definition) is 2. The van der Waals surface area contributed by atoms with Crippen LogP contribution >= 0.6 is 11.8 Å². The molecule has 0 saturated carbocycles. The third-order valence-corrected chi connectivity index (χ3v) is 2.34. The molecule has 0 aliphatic carbocycles.